The highest BCUT2D eigenvalue weighted by atomic mass is 19.4. The zero-order valence-corrected chi connectivity index (χ0v) is 35.8. The Bertz CT molecular complexity index is 2640. The molecule has 17 heteroatoms. The zero-order chi connectivity index (χ0) is 45.8. The largest absolute Gasteiger partial charge is 0.490 e. The van der Waals surface area contributed by atoms with Gasteiger partial charge in [-0.2, -0.15) is 23.3 Å². The number of anilines is 1. The molecule has 334 valence electrons. The van der Waals surface area contributed by atoms with Gasteiger partial charge >= 0.3 is 12.1 Å². The standard InChI is InChI=1S/C45H48N8O4.C2HF3O2/c1-28-23-33(9-10-34(28)25-46-43(56)41-50-44(57-51-41)45(2,3)4)37-17-20-47-53-27-35(24-39(37)53)31-7-5-29(6-8-31)26-52-21-18-32(19-22-52)30-11-13-36(14-12-30)48-38-15-16-40(54)49-42(38)55;3-2(4,5)1(6)7/h5-14,17,20,23-24,27,32,38,48H,15-16,18-19,21-22,25-26H2,1-4H3,(H,46,56)(H,49,54,55);(H,6,7). The Kier molecular flexibility index (Phi) is 13.3. The zero-order valence-electron chi connectivity index (χ0n) is 35.8. The molecule has 3 aromatic heterocycles. The third-order valence-electron chi connectivity index (χ3n) is 11.4. The van der Waals surface area contributed by atoms with Gasteiger partial charge in [0.2, 0.25) is 17.7 Å². The van der Waals surface area contributed by atoms with Crippen molar-refractivity contribution in [2.45, 2.75) is 90.0 Å². The molecule has 64 heavy (non-hydrogen) atoms. The number of aromatic nitrogens is 4. The van der Waals surface area contributed by atoms with Crippen LogP contribution in [0.4, 0.5) is 18.9 Å². The van der Waals surface area contributed by atoms with Gasteiger partial charge in [-0.05, 0) is 103 Å². The monoisotopic (exact) mass is 878 g/mol. The number of carboxylic acids is 1. The first-order chi connectivity index (χ1) is 30.4. The number of rotatable bonds is 10. The van der Waals surface area contributed by atoms with E-state index in [4.69, 9.17) is 14.4 Å². The predicted molar refractivity (Wildman–Crippen MR) is 232 cm³/mol. The first kappa shape index (κ1) is 45.2. The fourth-order valence-corrected chi connectivity index (χ4v) is 7.72. The Morgan fingerprint density at radius 3 is 2.22 bits per heavy atom. The Balaban J connectivity index is 0.000000809. The molecule has 0 bridgehead atoms. The maximum atomic E-state index is 12.7. The van der Waals surface area contributed by atoms with Crippen molar-refractivity contribution in [2.75, 3.05) is 18.4 Å². The van der Waals surface area contributed by atoms with Crippen molar-refractivity contribution in [3.63, 3.8) is 0 Å². The molecule has 0 spiro atoms. The Morgan fingerprint density at radius 1 is 0.906 bits per heavy atom. The van der Waals surface area contributed by atoms with E-state index in [9.17, 15) is 27.6 Å². The number of alkyl halides is 3. The topological polar surface area (TPSA) is 184 Å². The lowest BCUT2D eigenvalue weighted by atomic mass is 9.89. The Morgan fingerprint density at radius 2 is 1.59 bits per heavy atom. The summed E-state index contributed by atoms with van der Waals surface area (Å²) in [5, 5.41) is 24.2. The van der Waals surface area contributed by atoms with Gasteiger partial charge in [-0.3, -0.25) is 24.6 Å². The van der Waals surface area contributed by atoms with Crippen LogP contribution in [-0.2, 0) is 32.9 Å². The summed E-state index contributed by atoms with van der Waals surface area (Å²) >= 11 is 0. The molecule has 0 saturated carbocycles. The van der Waals surface area contributed by atoms with Gasteiger partial charge in [0.15, 0.2) is 0 Å². The van der Waals surface area contributed by atoms with Gasteiger partial charge in [-0.25, -0.2) is 9.31 Å². The quantitative estimate of drug-likeness (QED) is 0.0985. The molecule has 5 heterocycles. The molecule has 1 unspecified atom stereocenters. The Hall–Kier alpha value is -6.88. The summed E-state index contributed by atoms with van der Waals surface area (Å²) in [7, 11) is 0. The van der Waals surface area contributed by atoms with E-state index < -0.39 is 12.1 Å². The number of benzene rings is 3. The number of carboxylic acid groups (broad SMARTS) is 1. The maximum absolute atomic E-state index is 12.7. The summed E-state index contributed by atoms with van der Waals surface area (Å²) in [6.45, 7) is 11.3. The molecular weight excluding hydrogens is 830 g/mol. The molecule has 4 N–H and O–H groups in total. The maximum Gasteiger partial charge on any atom is 0.490 e. The number of imide groups is 1. The van der Waals surface area contributed by atoms with Gasteiger partial charge in [-0.1, -0.05) is 80.5 Å². The van der Waals surface area contributed by atoms with E-state index in [0.29, 0.717) is 31.2 Å². The van der Waals surface area contributed by atoms with Gasteiger partial charge in [0, 0.05) is 54.1 Å². The van der Waals surface area contributed by atoms with E-state index in [0.717, 1.165) is 77.1 Å². The van der Waals surface area contributed by atoms with Crippen molar-refractivity contribution in [2.24, 2.45) is 0 Å². The molecule has 3 aromatic carbocycles. The third-order valence-corrected chi connectivity index (χ3v) is 11.4. The number of hydrogen-bond acceptors (Lipinski definition) is 10. The van der Waals surface area contributed by atoms with E-state index in [2.05, 4.69) is 96.9 Å². The van der Waals surface area contributed by atoms with Crippen LogP contribution in [0, 0.1) is 6.92 Å². The van der Waals surface area contributed by atoms with Gasteiger partial charge < -0.3 is 20.3 Å². The lowest BCUT2D eigenvalue weighted by Crippen LogP contribution is -2.47. The minimum atomic E-state index is -5.08. The minimum Gasteiger partial charge on any atom is -0.475 e. The van der Waals surface area contributed by atoms with Crippen molar-refractivity contribution in [1.82, 2.24) is 35.3 Å². The number of aliphatic carboxylic acids is 1. The number of halogens is 3. The van der Waals surface area contributed by atoms with E-state index in [-0.39, 0.29) is 35.0 Å². The second-order valence-corrected chi connectivity index (χ2v) is 17.1. The van der Waals surface area contributed by atoms with Crippen molar-refractivity contribution in [3.05, 3.63) is 125 Å². The number of nitrogens with zero attached hydrogens (tertiary/aromatic N) is 5. The molecule has 14 nitrogen and oxygen atoms in total. The number of piperidine rings is 2. The fourth-order valence-electron chi connectivity index (χ4n) is 7.72. The lowest BCUT2D eigenvalue weighted by molar-refractivity contribution is -0.192. The normalized spacial score (nSPS) is 16.2. The van der Waals surface area contributed by atoms with Crippen LogP contribution in [0.25, 0.3) is 27.8 Å². The summed E-state index contributed by atoms with van der Waals surface area (Å²) in [5.74, 6) is -2.61. The van der Waals surface area contributed by atoms with Crippen LogP contribution in [0.1, 0.15) is 91.1 Å². The molecule has 1 atom stereocenters. The van der Waals surface area contributed by atoms with Crippen LogP contribution < -0.4 is 16.0 Å². The SMILES string of the molecule is Cc1cc(-c2ccnn3cc(-c4ccc(CN5CCC(c6ccc(NC7CCC(=O)NC7=O)cc6)CC5)cc4)cc23)ccc1CNC(=O)c1noc(C(C)(C)C)n1.O=C(O)C(F)(F)F. The van der Waals surface area contributed by atoms with Gasteiger partial charge in [0.05, 0.1) is 5.52 Å². The number of carbonyl (C=O) groups excluding carboxylic acids is 3. The van der Waals surface area contributed by atoms with E-state index in [1.807, 2.05) is 62.7 Å². The number of hydrogen-bond donors (Lipinski definition) is 4. The molecular formula is C47H49F3N8O6. The number of aryl methyl sites for hydroxylation is 1. The number of likely N-dealkylation sites (tertiary alicyclic amines) is 1. The number of amides is 3. The van der Waals surface area contributed by atoms with Crippen molar-refractivity contribution in [3.8, 4) is 22.3 Å². The first-order valence-electron chi connectivity index (χ1n) is 20.9. The van der Waals surface area contributed by atoms with E-state index in [1.165, 1.54) is 11.1 Å². The minimum absolute atomic E-state index is 0.0348. The smallest absolute Gasteiger partial charge is 0.475 e. The average Bonchev–Trinajstić information content (AvgIpc) is 3.94. The molecule has 2 saturated heterocycles. The predicted octanol–water partition coefficient (Wildman–Crippen LogP) is 7.82. The molecule has 2 fully saturated rings. The third kappa shape index (κ3) is 11.0. The van der Waals surface area contributed by atoms with Gasteiger partial charge in [0.25, 0.3) is 11.7 Å². The second-order valence-electron chi connectivity index (χ2n) is 17.1. The average molecular weight is 879 g/mol. The summed E-state index contributed by atoms with van der Waals surface area (Å²) in [6.07, 6.45) is 1.90. The van der Waals surface area contributed by atoms with Crippen LogP contribution >= 0.6 is 0 Å². The fraction of sp³-hybridized carbons (Fsp3) is 0.340. The molecule has 8 rings (SSSR count). The van der Waals surface area contributed by atoms with Crippen LogP contribution in [0.2, 0.25) is 0 Å². The second kappa shape index (κ2) is 18.8. The van der Waals surface area contributed by atoms with Crippen LogP contribution in [0.3, 0.4) is 0 Å². The summed E-state index contributed by atoms with van der Waals surface area (Å²) < 4.78 is 39.0. The highest BCUT2D eigenvalue weighted by molar-refractivity contribution is 6.01. The molecule has 0 aliphatic carbocycles. The van der Waals surface area contributed by atoms with Crippen molar-refractivity contribution in [1.29, 1.82) is 0 Å². The van der Waals surface area contributed by atoms with Crippen molar-refractivity contribution < 1.29 is 42.0 Å². The van der Waals surface area contributed by atoms with Crippen LogP contribution in [-0.4, -0.2) is 78.8 Å². The molecule has 3 amide bonds. The lowest BCUT2D eigenvalue weighted by Gasteiger charge is -2.32. The summed E-state index contributed by atoms with van der Waals surface area (Å²) in [6, 6.07) is 27.4. The van der Waals surface area contributed by atoms with Crippen LogP contribution in [0.5, 0.6) is 0 Å². The summed E-state index contributed by atoms with van der Waals surface area (Å²) in [4.78, 5) is 52.0. The molecule has 0 radical (unpaired) electrons. The molecule has 2 aliphatic heterocycles. The Labute approximate surface area is 367 Å². The highest BCUT2D eigenvalue weighted by Gasteiger charge is 2.38. The number of nitrogens with one attached hydrogen (secondary N) is 3. The number of fused-ring (bicyclic) bond motifs is 1. The summed E-state index contributed by atoms with van der Waals surface area (Å²) in [5.41, 5.74) is 10.7. The van der Waals surface area contributed by atoms with Gasteiger partial charge in [0.1, 0.15) is 6.04 Å². The number of carbonyl (C=O) groups is 4. The first-order valence-corrected chi connectivity index (χ1v) is 20.9. The van der Waals surface area contributed by atoms with Crippen molar-refractivity contribution >= 4 is 34.9 Å². The highest BCUT2D eigenvalue weighted by Crippen LogP contribution is 2.33. The van der Waals surface area contributed by atoms with E-state index in [1.54, 1.807) is 0 Å². The molecule has 2 aliphatic rings. The van der Waals surface area contributed by atoms with Gasteiger partial charge in [-0.15, -0.1) is 0 Å². The van der Waals surface area contributed by atoms with Crippen LogP contribution in [0.15, 0.2) is 95.8 Å². The van der Waals surface area contributed by atoms with E-state index >= 15 is 0 Å². The molecule has 6 aromatic rings.